The van der Waals surface area contributed by atoms with Gasteiger partial charge in [-0.1, -0.05) is 31.2 Å². The first-order valence-electron chi connectivity index (χ1n) is 10.2. The molecule has 0 aromatic heterocycles. The lowest BCUT2D eigenvalue weighted by molar-refractivity contribution is -0.158. The van der Waals surface area contributed by atoms with Crippen molar-refractivity contribution in [3.05, 3.63) is 35.4 Å². The zero-order valence-electron chi connectivity index (χ0n) is 17.3. The van der Waals surface area contributed by atoms with Gasteiger partial charge in [-0.15, -0.1) is 0 Å². The summed E-state index contributed by atoms with van der Waals surface area (Å²) >= 11 is 0. The first kappa shape index (κ1) is 22.0. The molecule has 1 aliphatic carbocycles. The smallest absolute Gasteiger partial charge is 0.432 e. The molecule has 30 heavy (non-hydrogen) atoms. The van der Waals surface area contributed by atoms with Gasteiger partial charge in [0, 0.05) is 31.4 Å². The Morgan fingerprint density at radius 3 is 2.67 bits per heavy atom. The number of ketones is 1. The van der Waals surface area contributed by atoms with Crippen molar-refractivity contribution < 1.29 is 33.4 Å². The molecule has 1 aromatic carbocycles. The van der Waals surface area contributed by atoms with Crippen molar-refractivity contribution in [3.63, 3.8) is 0 Å². The average Bonchev–Trinajstić information content (AvgIpc) is 2.73. The van der Waals surface area contributed by atoms with Crippen LogP contribution in [0.2, 0.25) is 0 Å². The molecule has 8 nitrogen and oxygen atoms in total. The second-order valence-corrected chi connectivity index (χ2v) is 7.78. The number of benzene rings is 1. The van der Waals surface area contributed by atoms with Gasteiger partial charge in [0.05, 0.1) is 6.61 Å². The lowest BCUT2D eigenvalue weighted by Gasteiger charge is -2.37. The minimum absolute atomic E-state index is 0.0219. The summed E-state index contributed by atoms with van der Waals surface area (Å²) in [6.45, 7) is 1.73. The molecule has 1 aliphatic heterocycles. The lowest BCUT2D eigenvalue weighted by Crippen LogP contribution is -2.49. The summed E-state index contributed by atoms with van der Waals surface area (Å²) in [4.78, 5) is 50.3. The van der Waals surface area contributed by atoms with Gasteiger partial charge < -0.3 is 14.2 Å². The van der Waals surface area contributed by atoms with Crippen LogP contribution in [0.15, 0.2) is 24.3 Å². The number of carbonyl (C=O) groups excluding carboxylic acids is 4. The highest BCUT2D eigenvalue weighted by Crippen LogP contribution is 2.37. The largest absolute Gasteiger partial charge is 0.510 e. The van der Waals surface area contributed by atoms with E-state index in [9.17, 15) is 19.2 Å². The van der Waals surface area contributed by atoms with Gasteiger partial charge in [-0.2, -0.15) is 0 Å². The maximum Gasteiger partial charge on any atom is 0.510 e. The minimum Gasteiger partial charge on any atom is -0.432 e. The van der Waals surface area contributed by atoms with Crippen LogP contribution in [0.3, 0.4) is 0 Å². The van der Waals surface area contributed by atoms with E-state index in [0.29, 0.717) is 12.8 Å². The number of imide groups is 1. The van der Waals surface area contributed by atoms with E-state index in [1.54, 1.807) is 0 Å². The molecule has 1 aromatic rings. The van der Waals surface area contributed by atoms with E-state index in [4.69, 9.17) is 14.2 Å². The number of hydrogen-bond donors (Lipinski definition) is 0. The van der Waals surface area contributed by atoms with Gasteiger partial charge in [0.2, 0.25) is 11.8 Å². The van der Waals surface area contributed by atoms with Gasteiger partial charge in [-0.3, -0.25) is 14.4 Å². The van der Waals surface area contributed by atoms with E-state index in [2.05, 4.69) is 0 Å². The van der Waals surface area contributed by atoms with Gasteiger partial charge in [0.15, 0.2) is 12.5 Å². The normalized spacial score (nSPS) is 22.5. The lowest BCUT2D eigenvalue weighted by atomic mass is 9.70. The highest BCUT2D eigenvalue weighted by Gasteiger charge is 2.41. The summed E-state index contributed by atoms with van der Waals surface area (Å²) in [6.07, 6.45) is 0.777. The summed E-state index contributed by atoms with van der Waals surface area (Å²) < 4.78 is 14.5. The number of amides is 2. The minimum atomic E-state index is -0.961. The number of likely N-dealkylation sites (tertiary alicyclic amines) is 1. The maximum atomic E-state index is 13.0. The average molecular weight is 417 g/mol. The second-order valence-electron chi connectivity index (χ2n) is 7.78. The molecule has 0 bridgehead atoms. The summed E-state index contributed by atoms with van der Waals surface area (Å²) in [5.41, 5.74) is 1.76. The number of hydrogen-bond acceptors (Lipinski definition) is 7. The number of nitrogens with zero attached hydrogens (tertiary/aromatic N) is 1. The molecule has 1 heterocycles. The number of carbonyl (C=O) groups is 4. The molecule has 162 valence electrons. The van der Waals surface area contributed by atoms with Crippen LogP contribution in [0.25, 0.3) is 0 Å². The molecule has 3 atom stereocenters. The Morgan fingerprint density at radius 1 is 1.13 bits per heavy atom. The third-order valence-corrected chi connectivity index (χ3v) is 6.00. The van der Waals surface area contributed by atoms with Crippen molar-refractivity contribution in [2.24, 2.45) is 17.8 Å². The second kappa shape index (κ2) is 9.84. The topological polar surface area (TPSA) is 99.2 Å². The van der Waals surface area contributed by atoms with Crippen LogP contribution in [0.4, 0.5) is 4.79 Å². The van der Waals surface area contributed by atoms with Gasteiger partial charge in [0.1, 0.15) is 6.61 Å². The van der Waals surface area contributed by atoms with Crippen molar-refractivity contribution in [2.75, 3.05) is 27.1 Å². The van der Waals surface area contributed by atoms with Crippen molar-refractivity contribution >= 4 is 23.8 Å². The van der Waals surface area contributed by atoms with Gasteiger partial charge in [-0.05, 0) is 30.2 Å². The summed E-state index contributed by atoms with van der Waals surface area (Å²) in [5, 5.41) is 0. The zero-order chi connectivity index (χ0) is 21.7. The molecule has 0 radical (unpaired) electrons. The summed E-state index contributed by atoms with van der Waals surface area (Å²) in [7, 11) is 1.47. The fourth-order valence-electron chi connectivity index (χ4n) is 4.22. The highest BCUT2D eigenvalue weighted by molar-refractivity contribution is 6.00. The third-order valence-electron chi connectivity index (χ3n) is 6.00. The molecule has 1 saturated heterocycles. The van der Waals surface area contributed by atoms with Crippen LogP contribution < -0.4 is 0 Å². The van der Waals surface area contributed by atoms with Crippen LogP contribution in [-0.4, -0.2) is 55.7 Å². The number of ether oxygens (including phenoxy) is 3. The Morgan fingerprint density at radius 2 is 1.90 bits per heavy atom. The van der Waals surface area contributed by atoms with Crippen molar-refractivity contribution in [1.29, 1.82) is 0 Å². The van der Waals surface area contributed by atoms with Crippen molar-refractivity contribution in [3.8, 4) is 0 Å². The highest BCUT2D eigenvalue weighted by atomic mass is 16.7. The standard InChI is InChI=1S/C22H27NO7/c1-14(16-11-15-5-3-4-6-18(15)19(24)12-16)17-7-8-20(25)23(21(17)26)13-30-22(27)29-10-9-28-2/h3-6,14,16-17H,7-13H2,1-2H3. The number of fused-ring (bicyclic) bond motifs is 1. The Bertz CT molecular complexity index is 821. The van der Waals surface area contributed by atoms with Gasteiger partial charge >= 0.3 is 6.16 Å². The number of piperidine rings is 1. The van der Waals surface area contributed by atoms with E-state index in [0.717, 1.165) is 22.4 Å². The molecule has 0 saturated carbocycles. The first-order chi connectivity index (χ1) is 14.4. The monoisotopic (exact) mass is 417 g/mol. The quantitative estimate of drug-likeness (QED) is 0.382. The van der Waals surface area contributed by atoms with Crippen molar-refractivity contribution in [2.45, 2.75) is 32.6 Å². The number of rotatable bonds is 7. The van der Waals surface area contributed by atoms with E-state index in [1.165, 1.54) is 7.11 Å². The van der Waals surface area contributed by atoms with Gasteiger partial charge in [0.25, 0.3) is 0 Å². The third kappa shape index (κ3) is 4.87. The molecule has 2 amide bonds. The predicted molar refractivity (Wildman–Crippen MR) is 106 cm³/mol. The number of Topliss-reactive ketones (excluding diaryl/α,β-unsaturated/α-hetero) is 1. The molecule has 8 heteroatoms. The fourth-order valence-corrected chi connectivity index (χ4v) is 4.22. The van der Waals surface area contributed by atoms with Gasteiger partial charge in [-0.25, -0.2) is 9.69 Å². The first-order valence-corrected chi connectivity index (χ1v) is 10.2. The molecule has 0 spiro atoms. The van der Waals surface area contributed by atoms with Crippen LogP contribution in [0.5, 0.6) is 0 Å². The van der Waals surface area contributed by atoms with Crippen LogP contribution >= 0.6 is 0 Å². The molecular weight excluding hydrogens is 390 g/mol. The molecule has 3 unspecified atom stereocenters. The Labute approximate surface area is 175 Å². The van der Waals surface area contributed by atoms with Crippen LogP contribution in [0.1, 0.15) is 42.1 Å². The van der Waals surface area contributed by atoms with E-state index in [-0.39, 0.29) is 49.1 Å². The SMILES string of the molecule is COCCOC(=O)OCN1C(=O)CCC(C(C)C2CC(=O)c3ccccc3C2)C1=O. The summed E-state index contributed by atoms with van der Waals surface area (Å²) in [6, 6.07) is 7.56. The maximum absolute atomic E-state index is 13.0. The molecule has 3 rings (SSSR count). The summed E-state index contributed by atoms with van der Waals surface area (Å²) in [5.74, 6) is -1.12. The zero-order valence-corrected chi connectivity index (χ0v) is 17.3. The Balaban J connectivity index is 1.62. The molecular formula is C22H27NO7. The number of methoxy groups -OCH3 is 1. The predicted octanol–water partition coefficient (Wildman–Crippen LogP) is 2.59. The Kier molecular flexibility index (Phi) is 7.20. The van der Waals surface area contributed by atoms with E-state index in [1.807, 2.05) is 31.2 Å². The molecule has 1 fully saturated rings. The Hall–Kier alpha value is -2.74. The van der Waals surface area contributed by atoms with Crippen LogP contribution in [-0.2, 0) is 30.2 Å². The van der Waals surface area contributed by atoms with E-state index < -0.39 is 18.8 Å². The van der Waals surface area contributed by atoms with Crippen LogP contribution in [0, 0.1) is 17.8 Å². The fraction of sp³-hybridized carbons (Fsp3) is 0.545. The van der Waals surface area contributed by atoms with Crippen molar-refractivity contribution in [1.82, 2.24) is 4.90 Å². The molecule has 0 N–H and O–H groups in total. The van der Waals surface area contributed by atoms with E-state index >= 15 is 0 Å². The molecule has 2 aliphatic rings.